The molecule has 1 aliphatic rings. The Labute approximate surface area is 92.4 Å². The molecule has 4 nitrogen and oxygen atoms in total. The Morgan fingerprint density at radius 1 is 1.20 bits per heavy atom. The van der Waals surface area contributed by atoms with Crippen LogP contribution in [0.5, 0.6) is 0 Å². The summed E-state index contributed by atoms with van der Waals surface area (Å²) in [6, 6.07) is 1.04. The van der Waals surface area contributed by atoms with E-state index in [0.29, 0.717) is 18.6 Å². The molecular weight excluding hydrogens is 190 g/mol. The van der Waals surface area contributed by atoms with Gasteiger partial charge in [-0.2, -0.15) is 0 Å². The van der Waals surface area contributed by atoms with Crippen molar-refractivity contribution in [2.24, 2.45) is 0 Å². The molecule has 1 saturated carbocycles. The Hall–Kier alpha value is -0.610. The van der Waals surface area contributed by atoms with E-state index < -0.39 is 0 Å². The van der Waals surface area contributed by atoms with Gasteiger partial charge in [0.15, 0.2) is 0 Å². The van der Waals surface area contributed by atoms with Crippen molar-refractivity contribution in [2.45, 2.75) is 37.8 Å². The molecule has 0 heterocycles. The van der Waals surface area contributed by atoms with Crippen molar-refractivity contribution in [1.82, 2.24) is 15.5 Å². The maximum atomic E-state index is 11.5. The molecule has 0 aromatic heterocycles. The zero-order valence-corrected chi connectivity index (χ0v) is 10.0. The number of carbonyl (C=O) groups excluding carboxylic acids is 1. The van der Waals surface area contributed by atoms with Crippen molar-refractivity contribution in [3.63, 3.8) is 0 Å². The van der Waals surface area contributed by atoms with E-state index in [9.17, 15) is 4.79 Å². The predicted octanol–water partition coefficient (Wildman–Crippen LogP) is 0.195. The molecule has 0 unspecified atom stereocenters. The number of rotatable bonds is 4. The van der Waals surface area contributed by atoms with Crippen molar-refractivity contribution in [1.29, 1.82) is 0 Å². The molecule has 0 aliphatic heterocycles. The molecule has 0 aromatic carbocycles. The van der Waals surface area contributed by atoms with E-state index in [1.54, 1.807) is 0 Å². The van der Waals surface area contributed by atoms with Crippen LogP contribution in [0.2, 0.25) is 0 Å². The lowest BCUT2D eigenvalue weighted by molar-refractivity contribution is -0.122. The van der Waals surface area contributed by atoms with E-state index in [-0.39, 0.29) is 5.91 Å². The lowest BCUT2D eigenvalue weighted by Crippen LogP contribution is -2.44. The average Bonchev–Trinajstić information content (AvgIpc) is 2.17. The van der Waals surface area contributed by atoms with Gasteiger partial charge in [0.2, 0.25) is 5.91 Å². The number of nitrogens with zero attached hydrogens (tertiary/aromatic N) is 1. The minimum atomic E-state index is 0.146. The second-order valence-corrected chi connectivity index (χ2v) is 4.64. The van der Waals surface area contributed by atoms with Gasteiger partial charge in [-0.25, -0.2) is 0 Å². The van der Waals surface area contributed by atoms with Gasteiger partial charge in [-0.3, -0.25) is 4.79 Å². The summed E-state index contributed by atoms with van der Waals surface area (Å²) in [5.41, 5.74) is 0. The van der Waals surface area contributed by atoms with Gasteiger partial charge in [0.25, 0.3) is 0 Å². The van der Waals surface area contributed by atoms with Crippen molar-refractivity contribution in [3.05, 3.63) is 0 Å². The number of amides is 1. The molecule has 0 aromatic rings. The maximum Gasteiger partial charge on any atom is 0.234 e. The van der Waals surface area contributed by atoms with Crippen LogP contribution in [-0.4, -0.2) is 50.6 Å². The second kappa shape index (κ2) is 6.08. The standard InChI is InChI=1S/C11H23N3O/c1-12-9-4-6-10(7-5-9)13-11(15)8-14(2)3/h9-10,12H,4-8H2,1-3H3,(H,13,15). The molecule has 0 radical (unpaired) electrons. The summed E-state index contributed by atoms with van der Waals surface area (Å²) >= 11 is 0. The quantitative estimate of drug-likeness (QED) is 0.701. The molecule has 0 spiro atoms. The Morgan fingerprint density at radius 2 is 1.73 bits per heavy atom. The van der Waals surface area contributed by atoms with Gasteiger partial charge in [-0.05, 0) is 46.8 Å². The van der Waals surface area contributed by atoms with Gasteiger partial charge in [0, 0.05) is 12.1 Å². The minimum Gasteiger partial charge on any atom is -0.352 e. The number of carbonyl (C=O) groups is 1. The molecule has 0 bridgehead atoms. The highest BCUT2D eigenvalue weighted by Gasteiger charge is 2.21. The third kappa shape index (κ3) is 4.62. The van der Waals surface area contributed by atoms with Crippen molar-refractivity contribution in [2.75, 3.05) is 27.7 Å². The molecular formula is C11H23N3O. The normalized spacial score (nSPS) is 26.7. The molecule has 1 fully saturated rings. The first-order valence-electron chi connectivity index (χ1n) is 5.73. The van der Waals surface area contributed by atoms with Crippen LogP contribution >= 0.6 is 0 Å². The third-order valence-corrected chi connectivity index (χ3v) is 2.96. The lowest BCUT2D eigenvalue weighted by atomic mass is 9.91. The first-order valence-corrected chi connectivity index (χ1v) is 5.73. The van der Waals surface area contributed by atoms with Crippen LogP contribution in [-0.2, 0) is 4.79 Å². The Kier molecular flexibility index (Phi) is 5.05. The molecule has 1 rings (SSSR count). The summed E-state index contributed by atoms with van der Waals surface area (Å²) in [5.74, 6) is 0.146. The monoisotopic (exact) mass is 213 g/mol. The molecule has 2 N–H and O–H groups in total. The lowest BCUT2D eigenvalue weighted by Gasteiger charge is -2.29. The zero-order chi connectivity index (χ0) is 11.3. The fourth-order valence-corrected chi connectivity index (χ4v) is 2.09. The van der Waals surface area contributed by atoms with Gasteiger partial charge in [0.1, 0.15) is 0 Å². The van der Waals surface area contributed by atoms with Gasteiger partial charge in [-0.1, -0.05) is 0 Å². The largest absolute Gasteiger partial charge is 0.352 e. The van der Waals surface area contributed by atoms with Crippen molar-refractivity contribution >= 4 is 5.91 Å². The van der Waals surface area contributed by atoms with Gasteiger partial charge < -0.3 is 15.5 Å². The van der Waals surface area contributed by atoms with Crippen molar-refractivity contribution < 1.29 is 4.79 Å². The number of nitrogens with one attached hydrogen (secondary N) is 2. The van der Waals surface area contributed by atoms with Gasteiger partial charge >= 0.3 is 0 Å². The SMILES string of the molecule is CNC1CCC(NC(=O)CN(C)C)CC1. The summed E-state index contributed by atoms with van der Waals surface area (Å²) in [6.45, 7) is 0.492. The van der Waals surface area contributed by atoms with E-state index in [2.05, 4.69) is 10.6 Å². The summed E-state index contributed by atoms with van der Waals surface area (Å²) < 4.78 is 0. The van der Waals surface area contributed by atoms with Gasteiger partial charge in [0.05, 0.1) is 6.54 Å². The maximum absolute atomic E-state index is 11.5. The summed E-state index contributed by atoms with van der Waals surface area (Å²) in [7, 11) is 5.84. The number of hydrogen-bond acceptors (Lipinski definition) is 3. The van der Waals surface area contributed by atoms with Crippen LogP contribution in [0.25, 0.3) is 0 Å². The van der Waals surface area contributed by atoms with E-state index in [0.717, 1.165) is 12.8 Å². The average molecular weight is 213 g/mol. The van der Waals surface area contributed by atoms with Crippen LogP contribution in [0.15, 0.2) is 0 Å². The van der Waals surface area contributed by atoms with Gasteiger partial charge in [-0.15, -0.1) is 0 Å². The summed E-state index contributed by atoms with van der Waals surface area (Å²) in [6.07, 6.45) is 4.54. The molecule has 1 aliphatic carbocycles. The Bertz CT molecular complexity index is 198. The minimum absolute atomic E-state index is 0.146. The summed E-state index contributed by atoms with van der Waals surface area (Å²) in [4.78, 5) is 13.4. The first kappa shape index (κ1) is 12.5. The fraction of sp³-hybridized carbons (Fsp3) is 0.909. The van der Waals surface area contributed by atoms with Crippen LogP contribution < -0.4 is 10.6 Å². The second-order valence-electron chi connectivity index (χ2n) is 4.64. The highest BCUT2D eigenvalue weighted by atomic mass is 16.2. The van der Waals surface area contributed by atoms with E-state index >= 15 is 0 Å². The van der Waals surface area contributed by atoms with E-state index in [4.69, 9.17) is 0 Å². The van der Waals surface area contributed by atoms with E-state index in [1.807, 2.05) is 26.0 Å². The predicted molar refractivity (Wildman–Crippen MR) is 61.8 cm³/mol. The highest BCUT2D eigenvalue weighted by Crippen LogP contribution is 2.18. The van der Waals surface area contributed by atoms with Crippen LogP contribution in [0.4, 0.5) is 0 Å². The van der Waals surface area contributed by atoms with Crippen LogP contribution in [0, 0.1) is 0 Å². The number of likely N-dealkylation sites (N-methyl/N-ethyl adjacent to an activating group) is 1. The van der Waals surface area contributed by atoms with Crippen molar-refractivity contribution in [3.8, 4) is 0 Å². The Morgan fingerprint density at radius 3 is 2.20 bits per heavy atom. The smallest absolute Gasteiger partial charge is 0.234 e. The molecule has 88 valence electrons. The Balaban J connectivity index is 2.20. The highest BCUT2D eigenvalue weighted by molar-refractivity contribution is 5.78. The zero-order valence-electron chi connectivity index (χ0n) is 10.0. The van der Waals surface area contributed by atoms with E-state index in [1.165, 1.54) is 12.8 Å². The number of hydrogen-bond donors (Lipinski definition) is 2. The molecule has 4 heteroatoms. The summed E-state index contributed by atoms with van der Waals surface area (Å²) in [5, 5.41) is 6.38. The van der Waals surface area contributed by atoms with Crippen LogP contribution in [0.1, 0.15) is 25.7 Å². The molecule has 0 atom stereocenters. The first-order chi connectivity index (χ1) is 7.11. The molecule has 1 amide bonds. The topological polar surface area (TPSA) is 44.4 Å². The molecule has 15 heavy (non-hydrogen) atoms. The fourth-order valence-electron chi connectivity index (χ4n) is 2.09. The third-order valence-electron chi connectivity index (χ3n) is 2.96. The van der Waals surface area contributed by atoms with Crippen LogP contribution in [0.3, 0.4) is 0 Å². The molecule has 0 saturated heterocycles.